The number of aliphatic hydroxyl groups excluding tert-OH is 1. The van der Waals surface area contributed by atoms with Gasteiger partial charge in [-0.1, -0.05) is 6.42 Å². The van der Waals surface area contributed by atoms with E-state index in [1.165, 1.54) is 12.3 Å². The van der Waals surface area contributed by atoms with Crippen molar-refractivity contribution in [3.8, 4) is 5.88 Å². The molecule has 2 atom stereocenters. The molecule has 2 aromatic rings. The molecule has 0 radical (unpaired) electrons. The summed E-state index contributed by atoms with van der Waals surface area (Å²) in [6, 6.07) is 5.44. The quantitative estimate of drug-likeness (QED) is 0.694. The molecule has 10 heteroatoms. The van der Waals surface area contributed by atoms with E-state index in [9.17, 15) is 23.1 Å². The Kier molecular flexibility index (Phi) is 5.98. The number of carbonyl (C=O) groups excluding carboxylic acids is 1. The Morgan fingerprint density at radius 2 is 2.07 bits per heavy atom. The first-order valence-corrected chi connectivity index (χ1v) is 8.72. The third-order valence-electron chi connectivity index (χ3n) is 4.42. The molecular weight excluding hydrogens is 377 g/mol. The molecule has 2 aromatic heterocycles. The molecule has 0 spiro atoms. The summed E-state index contributed by atoms with van der Waals surface area (Å²) in [7, 11) is 0. The highest BCUT2D eigenvalue weighted by molar-refractivity contribution is 6.07. The summed E-state index contributed by atoms with van der Waals surface area (Å²) in [6.07, 6.45) is 0.0398. The van der Waals surface area contributed by atoms with Crippen LogP contribution in [0.25, 0.3) is 0 Å². The number of pyridine rings is 2. The fourth-order valence-corrected chi connectivity index (χ4v) is 3.04. The fraction of sp³-hybridized carbons (Fsp3) is 0.389. The van der Waals surface area contributed by atoms with Crippen molar-refractivity contribution in [2.45, 2.75) is 31.7 Å². The van der Waals surface area contributed by atoms with E-state index in [0.29, 0.717) is 12.4 Å². The Bertz CT molecular complexity index is 814. The summed E-state index contributed by atoms with van der Waals surface area (Å²) in [4.78, 5) is 20.2. The van der Waals surface area contributed by atoms with Crippen molar-refractivity contribution in [1.29, 1.82) is 0 Å². The van der Waals surface area contributed by atoms with Gasteiger partial charge in [-0.05, 0) is 31.0 Å². The van der Waals surface area contributed by atoms with Crippen molar-refractivity contribution in [3.05, 3.63) is 42.2 Å². The largest absolute Gasteiger partial charge is 0.574 e. The van der Waals surface area contributed by atoms with Gasteiger partial charge in [0.2, 0.25) is 5.88 Å². The molecule has 150 valence electrons. The SMILES string of the molecule is O=C(Nc1ccc(OC(F)(F)F)nc1)c1cccnc1NC[C@@H]1CCC[C@H]1O. The van der Waals surface area contributed by atoms with E-state index in [0.717, 1.165) is 31.5 Å². The number of halogens is 3. The second kappa shape index (κ2) is 8.42. The number of amides is 1. The second-order valence-corrected chi connectivity index (χ2v) is 6.43. The molecule has 7 nitrogen and oxygen atoms in total. The van der Waals surface area contributed by atoms with Gasteiger partial charge in [0.1, 0.15) is 5.82 Å². The molecule has 0 aliphatic heterocycles. The van der Waals surface area contributed by atoms with Crippen LogP contribution < -0.4 is 15.4 Å². The lowest BCUT2D eigenvalue weighted by Gasteiger charge is -2.17. The van der Waals surface area contributed by atoms with Gasteiger partial charge >= 0.3 is 6.36 Å². The van der Waals surface area contributed by atoms with E-state index in [-0.39, 0.29) is 23.3 Å². The Morgan fingerprint density at radius 1 is 1.25 bits per heavy atom. The second-order valence-electron chi connectivity index (χ2n) is 6.43. The molecule has 2 heterocycles. The summed E-state index contributed by atoms with van der Waals surface area (Å²) >= 11 is 0. The number of anilines is 2. The lowest BCUT2D eigenvalue weighted by atomic mass is 10.1. The predicted molar refractivity (Wildman–Crippen MR) is 94.9 cm³/mol. The number of aromatic nitrogens is 2. The Hall–Kier alpha value is -2.88. The van der Waals surface area contributed by atoms with Crippen molar-refractivity contribution in [2.75, 3.05) is 17.2 Å². The number of rotatable bonds is 6. The van der Waals surface area contributed by atoms with Crippen LogP contribution in [0.15, 0.2) is 36.7 Å². The molecule has 1 amide bonds. The summed E-state index contributed by atoms with van der Waals surface area (Å²) in [5.74, 6) is -0.648. The van der Waals surface area contributed by atoms with Crippen LogP contribution in [0.2, 0.25) is 0 Å². The Balaban J connectivity index is 1.64. The molecule has 3 N–H and O–H groups in total. The van der Waals surface area contributed by atoms with Crippen molar-refractivity contribution >= 4 is 17.4 Å². The molecule has 1 aliphatic carbocycles. The maximum Gasteiger partial charge on any atom is 0.574 e. The minimum Gasteiger partial charge on any atom is -0.393 e. The van der Waals surface area contributed by atoms with Gasteiger partial charge in [-0.3, -0.25) is 4.79 Å². The Morgan fingerprint density at radius 3 is 2.71 bits per heavy atom. The van der Waals surface area contributed by atoms with Gasteiger partial charge < -0.3 is 20.5 Å². The monoisotopic (exact) mass is 396 g/mol. The summed E-state index contributed by atoms with van der Waals surface area (Å²) in [5.41, 5.74) is 0.478. The van der Waals surface area contributed by atoms with E-state index in [1.54, 1.807) is 12.1 Å². The topological polar surface area (TPSA) is 96.4 Å². The molecule has 0 aromatic carbocycles. The number of carbonyl (C=O) groups is 1. The molecule has 3 rings (SSSR count). The van der Waals surface area contributed by atoms with Gasteiger partial charge in [-0.2, -0.15) is 0 Å². The number of aliphatic hydroxyl groups is 1. The fourth-order valence-electron chi connectivity index (χ4n) is 3.04. The summed E-state index contributed by atoms with van der Waals surface area (Å²) < 4.78 is 40.2. The lowest BCUT2D eigenvalue weighted by Crippen LogP contribution is -2.24. The number of nitrogens with zero attached hydrogens (tertiary/aromatic N) is 2. The summed E-state index contributed by atoms with van der Waals surface area (Å²) in [5, 5.41) is 15.6. The maximum atomic E-state index is 12.5. The third-order valence-corrected chi connectivity index (χ3v) is 4.42. The zero-order valence-corrected chi connectivity index (χ0v) is 14.7. The minimum absolute atomic E-state index is 0.100. The maximum absolute atomic E-state index is 12.5. The standard InChI is InChI=1S/C18H19F3N4O3/c19-18(20,21)28-15-7-6-12(10-23-15)25-17(27)13-4-2-8-22-16(13)24-9-11-3-1-5-14(11)26/h2,4,6-8,10-11,14,26H,1,3,5,9H2,(H,22,24)(H,25,27)/t11-,14+/m0/s1. The first-order valence-electron chi connectivity index (χ1n) is 8.72. The molecule has 28 heavy (non-hydrogen) atoms. The van der Waals surface area contributed by atoms with Crippen molar-refractivity contribution < 1.29 is 27.8 Å². The van der Waals surface area contributed by atoms with E-state index >= 15 is 0 Å². The average Bonchev–Trinajstić information content (AvgIpc) is 3.05. The van der Waals surface area contributed by atoms with Crippen LogP contribution in [-0.2, 0) is 0 Å². The lowest BCUT2D eigenvalue weighted by molar-refractivity contribution is -0.276. The van der Waals surface area contributed by atoms with Gasteiger partial charge in [0.05, 0.1) is 23.6 Å². The van der Waals surface area contributed by atoms with E-state index < -0.39 is 18.1 Å². The van der Waals surface area contributed by atoms with Crippen molar-refractivity contribution in [1.82, 2.24) is 9.97 Å². The van der Waals surface area contributed by atoms with Crippen LogP contribution in [0.4, 0.5) is 24.7 Å². The molecular formula is C18H19F3N4O3. The van der Waals surface area contributed by atoms with Gasteiger partial charge in [0, 0.05) is 24.7 Å². The molecule has 1 aliphatic rings. The molecule has 0 saturated heterocycles. The number of nitrogens with one attached hydrogen (secondary N) is 2. The average molecular weight is 396 g/mol. The highest BCUT2D eigenvalue weighted by atomic mass is 19.4. The zero-order chi connectivity index (χ0) is 20.1. The van der Waals surface area contributed by atoms with Crippen LogP contribution in [0.1, 0.15) is 29.6 Å². The van der Waals surface area contributed by atoms with E-state index in [2.05, 4.69) is 25.3 Å². The number of hydrogen-bond donors (Lipinski definition) is 3. The van der Waals surface area contributed by atoms with Crippen LogP contribution in [0.3, 0.4) is 0 Å². The van der Waals surface area contributed by atoms with Gasteiger partial charge in [0.25, 0.3) is 5.91 Å². The first kappa shape index (κ1) is 19.9. The van der Waals surface area contributed by atoms with Crippen LogP contribution in [0.5, 0.6) is 5.88 Å². The third kappa shape index (κ3) is 5.32. The van der Waals surface area contributed by atoms with Crippen LogP contribution >= 0.6 is 0 Å². The van der Waals surface area contributed by atoms with E-state index in [4.69, 9.17) is 0 Å². The number of hydrogen-bond acceptors (Lipinski definition) is 6. The predicted octanol–water partition coefficient (Wildman–Crippen LogP) is 3.20. The normalized spacial score (nSPS) is 19.3. The molecule has 0 unspecified atom stereocenters. The van der Waals surface area contributed by atoms with Crippen LogP contribution in [-0.4, -0.2) is 40.0 Å². The smallest absolute Gasteiger partial charge is 0.393 e. The molecule has 0 bridgehead atoms. The minimum atomic E-state index is -4.83. The highest BCUT2D eigenvalue weighted by Crippen LogP contribution is 2.26. The van der Waals surface area contributed by atoms with Gasteiger partial charge in [-0.15, -0.1) is 13.2 Å². The zero-order valence-electron chi connectivity index (χ0n) is 14.7. The van der Waals surface area contributed by atoms with Gasteiger partial charge in [0.15, 0.2) is 0 Å². The highest BCUT2D eigenvalue weighted by Gasteiger charge is 2.31. The van der Waals surface area contributed by atoms with Crippen LogP contribution in [0, 0.1) is 5.92 Å². The Labute approximate surface area is 159 Å². The molecule has 1 fully saturated rings. The van der Waals surface area contributed by atoms with E-state index in [1.807, 2.05) is 0 Å². The van der Waals surface area contributed by atoms with Crippen molar-refractivity contribution in [3.63, 3.8) is 0 Å². The number of alkyl halides is 3. The van der Waals surface area contributed by atoms with Gasteiger partial charge in [-0.25, -0.2) is 9.97 Å². The molecule has 1 saturated carbocycles. The first-order chi connectivity index (χ1) is 13.3. The van der Waals surface area contributed by atoms with Crippen molar-refractivity contribution in [2.24, 2.45) is 5.92 Å². The number of ether oxygens (including phenoxy) is 1. The summed E-state index contributed by atoms with van der Waals surface area (Å²) in [6.45, 7) is 0.490.